The predicted molar refractivity (Wildman–Crippen MR) is 113 cm³/mol. The fourth-order valence-electron chi connectivity index (χ4n) is 4.12. The molecule has 2 aliphatic heterocycles. The molecule has 4 rings (SSSR count). The van der Waals surface area contributed by atoms with Crippen LogP contribution in [0.3, 0.4) is 0 Å². The van der Waals surface area contributed by atoms with Crippen LogP contribution in [0, 0.1) is 6.07 Å². The number of amides is 1. The number of nitrogens with two attached hydrogens (primary N) is 1. The Morgan fingerprint density at radius 2 is 2.16 bits per heavy atom. The standard InChI is InChI=1S/C20H21ClF3N6O2/c1-11-9-29(17-14(21)6-12(10-31)8-26-17)4-5-30(11)20(18(25)32)27-15-3-2-13(19(22,23)24)7-16(15)28-20/h2,6-8,11,27-28,31H,4-5,9-10H2,1H3,(H2,25,32)/t11-,20?/m1/s1. The number of aliphatic hydroxyl groups is 1. The minimum absolute atomic E-state index is 0.0950. The van der Waals surface area contributed by atoms with Gasteiger partial charge in [0.15, 0.2) is 0 Å². The molecule has 2 atom stereocenters. The zero-order chi connectivity index (χ0) is 23.3. The van der Waals surface area contributed by atoms with Gasteiger partial charge in [0.05, 0.1) is 28.6 Å². The maximum atomic E-state index is 13.1. The second kappa shape index (κ2) is 7.98. The van der Waals surface area contributed by atoms with Crippen LogP contribution in [0.15, 0.2) is 24.4 Å². The normalized spacial score (nSPS) is 23.4. The fraction of sp³-hybridized carbons (Fsp3) is 0.400. The first-order valence-electron chi connectivity index (χ1n) is 9.81. The van der Waals surface area contributed by atoms with Gasteiger partial charge in [-0.05, 0) is 30.7 Å². The Morgan fingerprint density at radius 3 is 2.75 bits per heavy atom. The molecule has 1 aromatic carbocycles. The topological polar surface area (TPSA) is 107 Å². The van der Waals surface area contributed by atoms with Crippen molar-refractivity contribution in [2.45, 2.75) is 31.5 Å². The first-order chi connectivity index (χ1) is 15.0. The van der Waals surface area contributed by atoms with E-state index < -0.39 is 23.4 Å². The van der Waals surface area contributed by atoms with Crippen LogP contribution in [-0.2, 0) is 17.6 Å². The molecule has 1 unspecified atom stereocenters. The highest BCUT2D eigenvalue weighted by atomic mass is 35.5. The molecule has 1 amide bonds. The number of hydrogen-bond donors (Lipinski definition) is 4. The van der Waals surface area contributed by atoms with Gasteiger partial charge in [-0.3, -0.25) is 4.79 Å². The number of pyridine rings is 1. The number of carbonyl (C=O) groups excluding carboxylic acids is 1. The summed E-state index contributed by atoms with van der Waals surface area (Å²) < 4.78 is 39.3. The monoisotopic (exact) mass is 469 g/mol. The van der Waals surface area contributed by atoms with E-state index in [4.69, 9.17) is 17.3 Å². The van der Waals surface area contributed by atoms with Gasteiger partial charge in [0.2, 0.25) is 5.79 Å². The van der Waals surface area contributed by atoms with Crippen molar-refractivity contribution >= 4 is 34.7 Å². The Bertz CT molecular complexity index is 1050. The van der Waals surface area contributed by atoms with Gasteiger partial charge in [0.1, 0.15) is 5.82 Å². The maximum absolute atomic E-state index is 13.1. The minimum Gasteiger partial charge on any atom is -0.392 e. The minimum atomic E-state index is -4.54. The van der Waals surface area contributed by atoms with Gasteiger partial charge in [-0.25, -0.2) is 9.88 Å². The van der Waals surface area contributed by atoms with Crippen LogP contribution < -0.4 is 21.3 Å². The summed E-state index contributed by atoms with van der Waals surface area (Å²) >= 11 is 6.32. The summed E-state index contributed by atoms with van der Waals surface area (Å²) in [5.41, 5.74) is 5.75. The van der Waals surface area contributed by atoms with Crippen LogP contribution in [-0.4, -0.2) is 52.4 Å². The molecule has 12 heteroatoms. The van der Waals surface area contributed by atoms with Crippen molar-refractivity contribution < 1.29 is 23.1 Å². The molecule has 0 spiro atoms. The lowest BCUT2D eigenvalue weighted by molar-refractivity contribution is -0.137. The number of hydrogen-bond acceptors (Lipinski definition) is 7. The number of aromatic nitrogens is 1. The quantitative estimate of drug-likeness (QED) is 0.544. The molecule has 5 N–H and O–H groups in total. The van der Waals surface area contributed by atoms with E-state index in [2.05, 4.69) is 21.7 Å². The molecule has 2 aliphatic rings. The largest absolute Gasteiger partial charge is 0.416 e. The second-order valence-electron chi connectivity index (χ2n) is 7.79. The number of aliphatic hydroxyl groups excluding tert-OH is 1. The summed E-state index contributed by atoms with van der Waals surface area (Å²) in [5, 5.41) is 15.4. The molecule has 171 valence electrons. The molecule has 1 fully saturated rings. The molecule has 1 aromatic heterocycles. The number of rotatable bonds is 4. The molecule has 0 bridgehead atoms. The van der Waals surface area contributed by atoms with Crippen molar-refractivity contribution in [3.63, 3.8) is 0 Å². The number of piperazine rings is 1. The first kappa shape index (κ1) is 22.4. The van der Waals surface area contributed by atoms with E-state index in [0.29, 0.717) is 36.0 Å². The average Bonchev–Trinajstić information content (AvgIpc) is 3.12. The molecular weight excluding hydrogens is 449 g/mol. The van der Waals surface area contributed by atoms with Crippen molar-refractivity contribution in [3.05, 3.63) is 46.6 Å². The summed E-state index contributed by atoms with van der Waals surface area (Å²) in [6, 6.07) is 5.69. The molecule has 2 aromatic rings. The Balaban J connectivity index is 1.58. The summed E-state index contributed by atoms with van der Waals surface area (Å²) in [6.07, 6.45) is -3.00. The average molecular weight is 470 g/mol. The molecule has 3 heterocycles. The number of nitrogens with zero attached hydrogens (tertiary/aromatic N) is 3. The third kappa shape index (κ3) is 3.80. The van der Waals surface area contributed by atoms with Gasteiger partial charge >= 0.3 is 6.18 Å². The van der Waals surface area contributed by atoms with E-state index in [1.165, 1.54) is 6.20 Å². The second-order valence-corrected chi connectivity index (χ2v) is 8.20. The molecular formula is C20H21ClF3N6O2. The zero-order valence-electron chi connectivity index (χ0n) is 17.0. The van der Waals surface area contributed by atoms with Crippen molar-refractivity contribution in [1.29, 1.82) is 0 Å². The number of nitrogens with one attached hydrogen (secondary N) is 2. The summed E-state index contributed by atoms with van der Waals surface area (Å²) in [7, 11) is 0. The molecule has 0 aliphatic carbocycles. The number of fused-ring (bicyclic) bond motifs is 1. The smallest absolute Gasteiger partial charge is 0.392 e. The number of benzene rings is 1. The van der Waals surface area contributed by atoms with Crippen molar-refractivity contribution in [2.24, 2.45) is 5.73 Å². The summed E-state index contributed by atoms with van der Waals surface area (Å²) in [4.78, 5) is 20.6. The Morgan fingerprint density at radius 1 is 1.41 bits per heavy atom. The lowest BCUT2D eigenvalue weighted by Crippen LogP contribution is -2.71. The van der Waals surface area contributed by atoms with Crippen LogP contribution in [0.2, 0.25) is 5.02 Å². The van der Waals surface area contributed by atoms with Crippen molar-refractivity contribution in [2.75, 3.05) is 35.2 Å². The van der Waals surface area contributed by atoms with Crippen LogP contribution >= 0.6 is 11.6 Å². The van der Waals surface area contributed by atoms with Crippen LogP contribution in [0.5, 0.6) is 0 Å². The van der Waals surface area contributed by atoms with E-state index in [0.717, 1.165) is 12.1 Å². The van der Waals surface area contributed by atoms with Crippen molar-refractivity contribution in [1.82, 2.24) is 9.88 Å². The Hall–Kier alpha value is -2.76. The van der Waals surface area contributed by atoms with E-state index in [9.17, 15) is 23.1 Å². The maximum Gasteiger partial charge on any atom is 0.416 e. The summed E-state index contributed by atoms with van der Waals surface area (Å²) in [6.45, 7) is 2.89. The lowest BCUT2D eigenvalue weighted by atomic mass is 10.1. The van der Waals surface area contributed by atoms with E-state index in [-0.39, 0.29) is 24.0 Å². The number of anilines is 3. The van der Waals surface area contributed by atoms with Gasteiger partial charge in [0.25, 0.3) is 5.91 Å². The highest BCUT2D eigenvalue weighted by Gasteiger charge is 2.51. The number of halogens is 4. The molecule has 32 heavy (non-hydrogen) atoms. The van der Waals surface area contributed by atoms with E-state index in [1.807, 2.05) is 11.8 Å². The molecule has 1 radical (unpaired) electrons. The number of primary amides is 1. The van der Waals surface area contributed by atoms with Crippen LogP contribution in [0.25, 0.3) is 0 Å². The van der Waals surface area contributed by atoms with Gasteiger partial charge in [0, 0.05) is 37.9 Å². The Labute approximate surface area is 187 Å². The zero-order valence-corrected chi connectivity index (χ0v) is 17.8. The third-order valence-electron chi connectivity index (χ3n) is 5.67. The SMILES string of the molecule is C[C@@H]1CN(c2ncc(CO)cc2Cl)CCN1C1(C(N)=O)Nc2[c]cc(C(F)(F)F)cc2N1. The molecule has 0 saturated carbocycles. The first-order valence-corrected chi connectivity index (χ1v) is 10.2. The predicted octanol–water partition coefficient (Wildman–Crippen LogP) is 2.23. The number of alkyl halides is 3. The van der Waals surface area contributed by atoms with Gasteiger partial charge in [-0.15, -0.1) is 0 Å². The van der Waals surface area contributed by atoms with Crippen LogP contribution in [0.4, 0.5) is 30.4 Å². The highest BCUT2D eigenvalue weighted by Crippen LogP contribution is 2.41. The molecule has 8 nitrogen and oxygen atoms in total. The van der Waals surface area contributed by atoms with E-state index >= 15 is 0 Å². The van der Waals surface area contributed by atoms with Gasteiger partial charge in [-0.1, -0.05) is 11.6 Å². The Kier molecular flexibility index (Phi) is 5.60. The lowest BCUT2D eigenvalue weighted by Gasteiger charge is -2.48. The third-order valence-corrected chi connectivity index (χ3v) is 5.94. The van der Waals surface area contributed by atoms with Gasteiger partial charge in [-0.2, -0.15) is 13.2 Å². The summed E-state index contributed by atoms with van der Waals surface area (Å²) in [5.74, 6) is -1.84. The fourth-order valence-corrected chi connectivity index (χ4v) is 4.42. The number of carbonyl (C=O) groups is 1. The van der Waals surface area contributed by atoms with Gasteiger partial charge < -0.3 is 26.4 Å². The van der Waals surface area contributed by atoms with E-state index in [1.54, 1.807) is 11.0 Å². The molecule has 1 saturated heterocycles. The van der Waals surface area contributed by atoms with Crippen LogP contribution in [0.1, 0.15) is 18.1 Å². The van der Waals surface area contributed by atoms with Crippen molar-refractivity contribution in [3.8, 4) is 0 Å². The highest BCUT2D eigenvalue weighted by molar-refractivity contribution is 6.33.